The Kier molecular flexibility index (Phi) is 1.46. The van der Waals surface area contributed by atoms with Crippen molar-refractivity contribution in [1.29, 1.82) is 0 Å². The molecule has 0 aliphatic heterocycles. The molecule has 2 N–H and O–H groups in total. The van der Waals surface area contributed by atoms with Gasteiger partial charge in [0.15, 0.2) is 0 Å². The SMILES string of the molecule is Cc1ccccc1C1(N)CC2(CC2)C1. The molecule has 1 aromatic carbocycles. The van der Waals surface area contributed by atoms with Crippen LogP contribution >= 0.6 is 0 Å². The first-order valence-corrected chi connectivity index (χ1v) is 5.49. The summed E-state index contributed by atoms with van der Waals surface area (Å²) < 4.78 is 0. The molecular formula is C13H17N. The summed E-state index contributed by atoms with van der Waals surface area (Å²) in [6.45, 7) is 2.17. The molecular weight excluding hydrogens is 170 g/mol. The maximum absolute atomic E-state index is 6.44. The van der Waals surface area contributed by atoms with E-state index in [0.29, 0.717) is 5.41 Å². The second kappa shape index (κ2) is 2.40. The zero-order chi connectivity index (χ0) is 9.81. The van der Waals surface area contributed by atoms with Crippen molar-refractivity contribution < 1.29 is 0 Å². The summed E-state index contributed by atoms with van der Waals surface area (Å²) in [7, 11) is 0. The molecule has 74 valence electrons. The molecule has 0 atom stereocenters. The number of rotatable bonds is 1. The van der Waals surface area contributed by atoms with Crippen LogP contribution in [0, 0.1) is 12.3 Å². The molecule has 1 heteroatoms. The molecule has 3 rings (SSSR count). The van der Waals surface area contributed by atoms with E-state index in [0.717, 1.165) is 0 Å². The summed E-state index contributed by atoms with van der Waals surface area (Å²) in [6.07, 6.45) is 5.26. The smallest absolute Gasteiger partial charge is 0.0422 e. The van der Waals surface area contributed by atoms with Gasteiger partial charge in [-0.15, -0.1) is 0 Å². The summed E-state index contributed by atoms with van der Waals surface area (Å²) in [4.78, 5) is 0. The van der Waals surface area contributed by atoms with Crippen LogP contribution < -0.4 is 5.73 Å². The molecule has 2 saturated carbocycles. The summed E-state index contributed by atoms with van der Waals surface area (Å²) in [5.74, 6) is 0. The molecule has 0 aromatic heterocycles. The molecule has 1 spiro atoms. The maximum atomic E-state index is 6.44. The van der Waals surface area contributed by atoms with Gasteiger partial charge in [-0.05, 0) is 49.1 Å². The average Bonchev–Trinajstić information content (AvgIpc) is 2.84. The van der Waals surface area contributed by atoms with Gasteiger partial charge in [-0.3, -0.25) is 0 Å². The predicted octanol–water partition coefficient (Wildman–Crippen LogP) is 2.72. The average molecular weight is 187 g/mol. The highest BCUT2D eigenvalue weighted by Gasteiger charge is 2.59. The highest BCUT2D eigenvalue weighted by atomic mass is 14.8. The first-order valence-electron chi connectivity index (χ1n) is 5.49. The van der Waals surface area contributed by atoms with Crippen LogP contribution in [0.5, 0.6) is 0 Å². The minimum Gasteiger partial charge on any atom is -0.321 e. The van der Waals surface area contributed by atoms with Gasteiger partial charge < -0.3 is 5.73 Å². The molecule has 0 unspecified atom stereocenters. The second-order valence-corrected chi connectivity index (χ2v) is 5.32. The van der Waals surface area contributed by atoms with E-state index in [1.165, 1.54) is 36.8 Å². The summed E-state index contributed by atoms with van der Waals surface area (Å²) in [5, 5.41) is 0. The third-order valence-corrected chi connectivity index (χ3v) is 4.02. The molecule has 2 aliphatic rings. The molecule has 1 aromatic rings. The minimum absolute atomic E-state index is 0.00183. The van der Waals surface area contributed by atoms with Crippen LogP contribution in [-0.2, 0) is 5.54 Å². The fourth-order valence-corrected chi connectivity index (χ4v) is 3.14. The van der Waals surface area contributed by atoms with Crippen LogP contribution in [0.25, 0.3) is 0 Å². The molecule has 0 bridgehead atoms. The molecule has 2 aliphatic carbocycles. The maximum Gasteiger partial charge on any atom is 0.0422 e. The van der Waals surface area contributed by atoms with Crippen molar-refractivity contribution in [3.8, 4) is 0 Å². The van der Waals surface area contributed by atoms with E-state index in [9.17, 15) is 0 Å². The zero-order valence-corrected chi connectivity index (χ0v) is 8.72. The largest absolute Gasteiger partial charge is 0.321 e. The van der Waals surface area contributed by atoms with Crippen molar-refractivity contribution in [2.45, 2.75) is 38.1 Å². The Morgan fingerprint density at radius 3 is 2.36 bits per heavy atom. The van der Waals surface area contributed by atoms with Crippen LogP contribution in [0.2, 0.25) is 0 Å². The van der Waals surface area contributed by atoms with E-state index in [1.807, 2.05) is 0 Å². The molecule has 0 saturated heterocycles. The Hall–Kier alpha value is -0.820. The molecule has 1 nitrogen and oxygen atoms in total. The van der Waals surface area contributed by atoms with E-state index in [1.54, 1.807) is 0 Å². The quantitative estimate of drug-likeness (QED) is 0.718. The van der Waals surface area contributed by atoms with Crippen molar-refractivity contribution in [2.24, 2.45) is 11.1 Å². The van der Waals surface area contributed by atoms with Gasteiger partial charge in [-0.25, -0.2) is 0 Å². The third-order valence-electron chi connectivity index (χ3n) is 4.02. The Balaban J connectivity index is 1.92. The fourth-order valence-electron chi connectivity index (χ4n) is 3.14. The number of hydrogen-bond donors (Lipinski definition) is 1. The summed E-state index contributed by atoms with van der Waals surface area (Å²) in [5.41, 5.74) is 9.85. The highest BCUT2D eigenvalue weighted by molar-refractivity contribution is 5.37. The van der Waals surface area contributed by atoms with Crippen molar-refractivity contribution in [2.75, 3.05) is 0 Å². The summed E-state index contributed by atoms with van der Waals surface area (Å²) in [6, 6.07) is 8.56. The monoisotopic (exact) mass is 187 g/mol. The van der Waals surface area contributed by atoms with Gasteiger partial charge in [-0.1, -0.05) is 24.3 Å². The lowest BCUT2D eigenvalue weighted by Crippen LogP contribution is -2.50. The predicted molar refractivity (Wildman–Crippen MR) is 57.9 cm³/mol. The van der Waals surface area contributed by atoms with Gasteiger partial charge in [0.2, 0.25) is 0 Å². The molecule has 0 radical (unpaired) electrons. The van der Waals surface area contributed by atoms with Gasteiger partial charge in [0.25, 0.3) is 0 Å². The van der Waals surface area contributed by atoms with E-state index in [4.69, 9.17) is 5.73 Å². The number of aryl methyl sites for hydroxylation is 1. The van der Waals surface area contributed by atoms with Crippen molar-refractivity contribution in [3.63, 3.8) is 0 Å². The van der Waals surface area contributed by atoms with Crippen LogP contribution in [0.3, 0.4) is 0 Å². The van der Waals surface area contributed by atoms with Crippen LogP contribution in [0.15, 0.2) is 24.3 Å². The van der Waals surface area contributed by atoms with Gasteiger partial charge in [-0.2, -0.15) is 0 Å². The van der Waals surface area contributed by atoms with E-state index in [-0.39, 0.29) is 5.54 Å². The second-order valence-electron chi connectivity index (χ2n) is 5.32. The lowest BCUT2D eigenvalue weighted by molar-refractivity contribution is 0.124. The summed E-state index contributed by atoms with van der Waals surface area (Å²) >= 11 is 0. The normalized spacial score (nSPS) is 25.9. The fraction of sp³-hybridized carbons (Fsp3) is 0.538. The lowest BCUT2D eigenvalue weighted by Gasteiger charge is -2.47. The first-order chi connectivity index (χ1) is 6.64. The van der Waals surface area contributed by atoms with Crippen molar-refractivity contribution >= 4 is 0 Å². The van der Waals surface area contributed by atoms with Gasteiger partial charge in [0.1, 0.15) is 0 Å². The highest BCUT2D eigenvalue weighted by Crippen LogP contribution is 2.67. The van der Waals surface area contributed by atoms with Gasteiger partial charge in [0.05, 0.1) is 0 Å². The van der Waals surface area contributed by atoms with Gasteiger partial charge >= 0.3 is 0 Å². The number of nitrogens with two attached hydrogens (primary N) is 1. The van der Waals surface area contributed by atoms with Crippen LogP contribution in [0.1, 0.15) is 36.8 Å². The number of benzene rings is 1. The van der Waals surface area contributed by atoms with Crippen LogP contribution in [0.4, 0.5) is 0 Å². The Morgan fingerprint density at radius 1 is 1.14 bits per heavy atom. The lowest BCUT2D eigenvalue weighted by atomic mass is 9.62. The van der Waals surface area contributed by atoms with E-state index >= 15 is 0 Å². The van der Waals surface area contributed by atoms with E-state index < -0.39 is 0 Å². The third kappa shape index (κ3) is 1.05. The molecule has 0 heterocycles. The molecule has 0 amide bonds. The molecule has 14 heavy (non-hydrogen) atoms. The van der Waals surface area contributed by atoms with Gasteiger partial charge in [0, 0.05) is 5.54 Å². The zero-order valence-electron chi connectivity index (χ0n) is 8.72. The standard InChI is InChI=1S/C13H17N/c1-10-4-2-3-5-11(10)13(14)8-12(9-13)6-7-12/h2-5H,6-9,14H2,1H3. The molecule has 2 fully saturated rings. The Morgan fingerprint density at radius 2 is 1.79 bits per heavy atom. The number of hydrogen-bond acceptors (Lipinski definition) is 1. The Bertz CT molecular complexity index is 369. The first kappa shape index (κ1) is 8.49. The van der Waals surface area contributed by atoms with Crippen LogP contribution in [-0.4, -0.2) is 0 Å². The Labute approximate surface area is 85.3 Å². The van der Waals surface area contributed by atoms with Crippen molar-refractivity contribution in [1.82, 2.24) is 0 Å². The van der Waals surface area contributed by atoms with E-state index in [2.05, 4.69) is 31.2 Å². The minimum atomic E-state index is 0.00183. The topological polar surface area (TPSA) is 26.0 Å². The van der Waals surface area contributed by atoms with Crippen molar-refractivity contribution in [3.05, 3.63) is 35.4 Å².